The summed E-state index contributed by atoms with van der Waals surface area (Å²) in [5.74, 6) is -0.828. The Morgan fingerprint density at radius 3 is 2.76 bits per heavy atom. The van der Waals surface area contributed by atoms with Crippen LogP contribution in [0.25, 0.3) is 0 Å². The summed E-state index contributed by atoms with van der Waals surface area (Å²) in [6, 6.07) is 5.61. The van der Waals surface area contributed by atoms with E-state index in [-0.39, 0.29) is 5.41 Å². The molecule has 0 aromatic heterocycles. The van der Waals surface area contributed by atoms with Crippen molar-refractivity contribution in [3.8, 4) is 6.07 Å². The molecule has 1 N–H and O–H groups in total. The first-order valence-electron chi connectivity index (χ1n) is 5.67. The van der Waals surface area contributed by atoms with Gasteiger partial charge in [0.2, 0.25) is 0 Å². The fourth-order valence-electron chi connectivity index (χ4n) is 1.90. The van der Waals surface area contributed by atoms with Crippen molar-refractivity contribution < 1.29 is 8.78 Å². The summed E-state index contributed by atoms with van der Waals surface area (Å²) >= 11 is 0. The predicted octanol–water partition coefficient (Wildman–Crippen LogP) is 2.75. The minimum atomic E-state index is -0.429. The molecule has 1 aliphatic carbocycles. The second kappa shape index (κ2) is 4.80. The summed E-state index contributed by atoms with van der Waals surface area (Å²) in [5.41, 5.74) is 0.413. The predicted molar refractivity (Wildman–Crippen MR) is 60.0 cm³/mol. The monoisotopic (exact) mass is 236 g/mol. The van der Waals surface area contributed by atoms with Crippen LogP contribution in [-0.2, 0) is 6.54 Å². The molecule has 17 heavy (non-hydrogen) atoms. The van der Waals surface area contributed by atoms with Crippen molar-refractivity contribution in [2.75, 3.05) is 6.54 Å². The molecule has 0 bridgehead atoms. The van der Waals surface area contributed by atoms with Gasteiger partial charge in [0, 0.05) is 25.1 Å². The molecule has 0 amide bonds. The fraction of sp³-hybridized carbons (Fsp3) is 0.462. The van der Waals surface area contributed by atoms with Gasteiger partial charge in [-0.15, -0.1) is 0 Å². The van der Waals surface area contributed by atoms with Gasteiger partial charge in [-0.25, -0.2) is 8.78 Å². The molecule has 0 heterocycles. The van der Waals surface area contributed by atoms with Crippen LogP contribution in [0.4, 0.5) is 8.78 Å². The normalized spacial score (nSPS) is 16.5. The first kappa shape index (κ1) is 12.0. The van der Waals surface area contributed by atoms with Crippen molar-refractivity contribution >= 4 is 0 Å². The van der Waals surface area contributed by atoms with E-state index < -0.39 is 11.6 Å². The number of rotatable bonds is 5. The molecule has 1 aromatic carbocycles. The van der Waals surface area contributed by atoms with Crippen LogP contribution in [0, 0.1) is 28.4 Å². The smallest absolute Gasteiger partial charge is 0.127 e. The largest absolute Gasteiger partial charge is 0.312 e. The zero-order chi connectivity index (χ0) is 12.3. The lowest BCUT2D eigenvalue weighted by Crippen LogP contribution is -2.23. The van der Waals surface area contributed by atoms with E-state index in [9.17, 15) is 8.78 Å². The van der Waals surface area contributed by atoms with E-state index in [4.69, 9.17) is 5.26 Å². The van der Waals surface area contributed by atoms with E-state index in [2.05, 4.69) is 11.4 Å². The first-order valence-corrected chi connectivity index (χ1v) is 5.67. The van der Waals surface area contributed by atoms with Gasteiger partial charge in [0.05, 0.1) is 6.07 Å². The Morgan fingerprint density at radius 2 is 2.12 bits per heavy atom. The van der Waals surface area contributed by atoms with Crippen molar-refractivity contribution in [2.45, 2.75) is 25.8 Å². The third-order valence-electron chi connectivity index (χ3n) is 3.23. The zero-order valence-corrected chi connectivity index (χ0v) is 9.47. The maximum atomic E-state index is 13.3. The molecule has 0 saturated heterocycles. The minimum absolute atomic E-state index is 0.0819. The van der Waals surface area contributed by atoms with Gasteiger partial charge < -0.3 is 5.32 Å². The topological polar surface area (TPSA) is 35.8 Å². The number of benzene rings is 1. The van der Waals surface area contributed by atoms with Crippen LogP contribution in [0.1, 0.15) is 24.8 Å². The minimum Gasteiger partial charge on any atom is -0.312 e. The Hall–Kier alpha value is -1.47. The van der Waals surface area contributed by atoms with Crippen molar-refractivity contribution in [3.05, 3.63) is 35.4 Å². The highest BCUT2D eigenvalue weighted by atomic mass is 19.1. The fourth-order valence-corrected chi connectivity index (χ4v) is 1.90. The molecule has 4 heteroatoms. The van der Waals surface area contributed by atoms with Crippen LogP contribution in [0.15, 0.2) is 18.2 Å². The number of nitrogens with zero attached hydrogens (tertiary/aromatic N) is 1. The Morgan fingerprint density at radius 1 is 1.35 bits per heavy atom. The Bertz CT molecular complexity index is 447. The van der Waals surface area contributed by atoms with E-state index in [1.807, 2.05) is 0 Å². The lowest BCUT2D eigenvalue weighted by molar-refractivity contribution is 0.460. The molecule has 2 rings (SSSR count). The number of halogens is 2. The summed E-state index contributed by atoms with van der Waals surface area (Å²) < 4.78 is 26.2. The third kappa shape index (κ3) is 3.01. The summed E-state index contributed by atoms with van der Waals surface area (Å²) in [4.78, 5) is 0. The number of nitriles is 1. The summed E-state index contributed by atoms with van der Waals surface area (Å²) in [7, 11) is 0. The van der Waals surface area contributed by atoms with Crippen LogP contribution in [-0.4, -0.2) is 6.54 Å². The van der Waals surface area contributed by atoms with Crippen LogP contribution in [0.5, 0.6) is 0 Å². The van der Waals surface area contributed by atoms with Gasteiger partial charge in [-0.05, 0) is 36.5 Å². The first-order chi connectivity index (χ1) is 8.15. The van der Waals surface area contributed by atoms with Crippen molar-refractivity contribution in [3.63, 3.8) is 0 Å². The van der Waals surface area contributed by atoms with Crippen LogP contribution < -0.4 is 5.32 Å². The number of nitrogens with one attached hydrogen (secondary N) is 1. The van der Waals surface area contributed by atoms with E-state index in [0.29, 0.717) is 25.1 Å². The molecule has 0 atom stereocenters. The second-order valence-electron chi connectivity index (χ2n) is 4.67. The van der Waals surface area contributed by atoms with Crippen molar-refractivity contribution in [1.82, 2.24) is 5.32 Å². The van der Waals surface area contributed by atoms with Gasteiger partial charge in [0.1, 0.15) is 11.6 Å². The maximum Gasteiger partial charge on any atom is 0.127 e. The van der Waals surface area contributed by atoms with E-state index >= 15 is 0 Å². The van der Waals surface area contributed by atoms with Crippen molar-refractivity contribution in [2.24, 2.45) is 5.41 Å². The highest BCUT2D eigenvalue weighted by molar-refractivity contribution is 5.18. The zero-order valence-electron chi connectivity index (χ0n) is 9.47. The molecule has 90 valence electrons. The van der Waals surface area contributed by atoms with Gasteiger partial charge >= 0.3 is 0 Å². The van der Waals surface area contributed by atoms with Gasteiger partial charge in [-0.3, -0.25) is 0 Å². The van der Waals surface area contributed by atoms with Crippen molar-refractivity contribution in [1.29, 1.82) is 5.26 Å². The average Bonchev–Trinajstić information content (AvgIpc) is 3.04. The number of hydrogen-bond donors (Lipinski definition) is 1. The van der Waals surface area contributed by atoms with Crippen LogP contribution in [0.3, 0.4) is 0 Å². The average molecular weight is 236 g/mol. The van der Waals surface area contributed by atoms with E-state index in [1.165, 1.54) is 6.07 Å². The van der Waals surface area contributed by atoms with Gasteiger partial charge in [0.25, 0.3) is 0 Å². The summed E-state index contributed by atoms with van der Waals surface area (Å²) in [6.45, 7) is 0.993. The molecule has 1 aromatic rings. The molecule has 0 spiro atoms. The molecule has 0 aliphatic heterocycles. The molecule has 2 nitrogen and oxygen atoms in total. The van der Waals surface area contributed by atoms with Crippen LogP contribution >= 0.6 is 0 Å². The molecule has 1 aliphatic rings. The lowest BCUT2D eigenvalue weighted by atomic mass is 10.0. The molecular formula is C13H14F2N2. The quantitative estimate of drug-likeness (QED) is 0.853. The standard InChI is InChI=1S/C13H14F2N2/c14-11-1-2-12(15)10(7-11)8-17-9-13(3-4-13)5-6-16/h1-2,7,17H,3-5,8-9H2. The van der Waals surface area contributed by atoms with E-state index in [0.717, 1.165) is 25.0 Å². The molecule has 0 radical (unpaired) electrons. The Balaban J connectivity index is 1.86. The molecule has 1 saturated carbocycles. The highest BCUT2D eigenvalue weighted by Gasteiger charge is 2.41. The van der Waals surface area contributed by atoms with Gasteiger partial charge in [-0.2, -0.15) is 5.26 Å². The second-order valence-corrected chi connectivity index (χ2v) is 4.67. The van der Waals surface area contributed by atoms with E-state index in [1.54, 1.807) is 0 Å². The summed E-state index contributed by atoms with van der Waals surface area (Å²) in [6.07, 6.45) is 2.62. The Labute approximate surface area is 99.3 Å². The molecular weight excluding hydrogens is 222 g/mol. The highest BCUT2D eigenvalue weighted by Crippen LogP contribution is 2.47. The lowest BCUT2D eigenvalue weighted by Gasteiger charge is -2.12. The van der Waals surface area contributed by atoms with Gasteiger partial charge in [0.15, 0.2) is 0 Å². The van der Waals surface area contributed by atoms with Crippen LogP contribution in [0.2, 0.25) is 0 Å². The molecule has 1 fully saturated rings. The van der Waals surface area contributed by atoms with Gasteiger partial charge in [-0.1, -0.05) is 0 Å². The molecule has 0 unspecified atom stereocenters. The summed E-state index contributed by atoms with van der Waals surface area (Å²) in [5, 5.41) is 11.8. The number of hydrogen-bond acceptors (Lipinski definition) is 2. The Kier molecular flexibility index (Phi) is 3.39. The SMILES string of the molecule is N#CCC1(CNCc2cc(F)ccc2F)CC1. The maximum absolute atomic E-state index is 13.3. The third-order valence-corrected chi connectivity index (χ3v) is 3.23.